The van der Waals surface area contributed by atoms with Crippen molar-refractivity contribution in [3.05, 3.63) is 126 Å². The fraction of sp³-hybridized carbons (Fsp3) is 0.0400. The molecule has 0 aliphatic heterocycles. The molecule has 0 unspecified atom stereocenters. The Morgan fingerprint density at radius 1 is 0.500 bits per heavy atom. The van der Waals surface area contributed by atoms with Crippen LogP contribution in [0.4, 0.5) is 0 Å². The van der Waals surface area contributed by atoms with Crippen LogP contribution in [0.2, 0.25) is 0 Å². The smallest absolute Gasteiger partial charge is 0.0909 e. The van der Waals surface area contributed by atoms with Crippen molar-refractivity contribution in [2.24, 2.45) is 0 Å². The van der Waals surface area contributed by atoms with Gasteiger partial charge in [-0.15, -0.1) is 0 Å². The third kappa shape index (κ3) is 3.87. The van der Waals surface area contributed by atoms with E-state index in [4.69, 9.17) is 23.2 Å². The van der Waals surface area contributed by atoms with Crippen LogP contribution < -0.4 is 15.9 Å². The van der Waals surface area contributed by atoms with Gasteiger partial charge in [-0.2, -0.15) is 0 Å². The van der Waals surface area contributed by atoms with Crippen LogP contribution in [-0.2, 0) is 4.33 Å². The van der Waals surface area contributed by atoms with Gasteiger partial charge in [0.05, 0.1) is 0 Å². The summed E-state index contributed by atoms with van der Waals surface area (Å²) >= 11 is 14.0. The molecule has 0 atom stereocenters. The Hall–Kier alpha value is -2.11. The first-order valence-corrected chi connectivity index (χ1v) is 11.2. The summed E-state index contributed by atoms with van der Waals surface area (Å²) in [6, 6.07) is 39.3. The summed E-state index contributed by atoms with van der Waals surface area (Å²) < 4.78 is -1.12. The van der Waals surface area contributed by atoms with Gasteiger partial charge in [0.2, 0.25) is 0 Å². The average Bonchev–Trinajstić information content (AvgIpc) is 2.76. The molecule has 0 heterocycles. The van der Waals surface area contributed by atoms with E-state index < -0.39 is 12.3 Å². The zero-order chi connectivity index (χ0) is 19.4. The Balaban J connectivity index is 1.92. The Morgan fingerprint density at radius 3 is 1.46 bits per heavy atom. The van der Waals surface area contributed by atoms with Gasteiger partial charge in [0.1, 0.15) is 0 Å². The zero-order valence-corrected chi connectivity index (χ0v) is 17.6. The van der Waals surface area contributed by atoms with Crippen molar-refractivity contribution in [1.82, 2.24) is 0 Å². The summed E-state index contributed by atoms with van der Waals surface area (Å²) in [5, 5.41) is 3.71. The summed E-state index contributed by atoms with van der Waals surface area (Å²) in [4.78, 5) is 0. The molecule has 0 saturated heterocycles. The molecule has 0 spiro atoms. The highest BCUT2D eigenvalue weighted by Crippen LogP contribution is 2.44. The lowest BCUT2D eigenvalue weighted by Gasteiger charge is -2.28. The maximum atomic E-state index is 6.99. The van der Waals surface area contributed by atoms with Gasteiger partial charge in [-0.05, 0) is 29.4 Å². The van der Waals surface area contributed by atoms with Crippen LogP contribution in [0.5, 0.6) is 0 Å². The van der Waals surface area contributed by atoms with Gasteiger partial charge < -0.3 is 0 Å². The number of alkyl halides is 2. The molecule has 0 nitrogen and oxygen atoms in total. The zero-order valence-electron chi connectivity index (χ0n) is 15.2. The maximum Gasteiger partial charge on any atom is 0.168 e. The predicted molar refractivity (Wildman–Crippen MR) is 124 cm³/mol. The van der Waals surface area contributed by atoms with Crippen LogP contribution in [-0.4, -0.2) is 0 Å². The van der Waals surface area contributed by atoms with Crippen molar-refractivity contribution in [2.75, 3.05) is 0 Å². The van der Waals surface area contributed by atoms with Crippen molar-refractivity contribution in [1.29, 1.82) is 0 Å². The highest BCUT2D eigenvalue weighted by atomic mass is 35.5. The van der Waals surface area contributed by atoms with E-state index in [0.29, 0.717) is 0 Å². The molecule has 0 radical (unpaired) electrons. The molecule has 0 aromatic heterocycles. The minimum Gasteiger partial charge on any atom is -0.0909 e. The van der Waals surface area contributed by atoms with E-state index in [0.717, 1.165) is 11.1 Å². The predicted octanol–water partition coefficient (Wildman–Crippen LogP) is 6.12. The van der Waals surface area contributed by atoms with Gasteiger partial charge in [-0.3, -0.25) is 0 Å². The molecule has 4 aromatic carbocycles. The topological polar surface area (TPSA) is 0 Å². The molecule has 0 aliphatic rings. The minimum atomic E-state index is -1.12. The van der Waals surface area contributed by atoms with Crippen LogP contribution in [0.15, 0.2) is 115 Å². The first-order valence-electron chi connectivity index (χ1n) is 9.11. The summed E-state index contributed by atoms with van der Waals surface area (Å²) in [5.74, 6) is 0. The molecule has 28 heavy (non-hydrogen) atoms. The summed E-state index contributed by atoms with van der Waals surface area (Å²) in [5.41, 5.74) is 1.81. The molecule has 4 rings (SSSR count). The van der Waals surface area contributed by atoms with Gasteiger partial charge in [-0.1, -0.05) is 138 Å². The Labute approximate surface area is 177 Å². The standard InChI is InChI=1S/C25H19Cl2P/c26-25(27,20-12-4-1-5-13-20)23-18-10-11-19-24(23)28(21-14-6-2-7-15-21)22-16-8-3-9-17-22/h1-19H. The largest absolute Gasteiger partial charge is 0.168 e. The first kappa shape index (κ1) is 19.2. The summed E-state index contributed by atoms with van der Waals surface area (Å²) in [7, 11) is -0.790. The fourth-order valence-electron chi connectivity index (χ4n) is 3.32. The monoisotopic (exact) mass is 420 g/mol. The third-order valence-electron chi connectivity index (χ3n) is 4.65. The van der Waals surface area contributed by atoms with Crippen LogP contribution >= 0.6 is 31.1 Å². The van der Waals surface area contributed by atoms with Crippen LogP contribution in [0.3, 0.4) is 0 Å². The summed E-state index contributed by atoms with van der Waals surface area (Å²) in [6.07, 6.45) is 0. The van der Waals surface area contributed by atoms with Gasteiger partial charge >= 0.3 is 0 Å². The van der Waals surface area contributed by atoms with Gasteiger partial charge in [-0.25, -0.2) is 0 Å². The molecule has 0 aliphatic carbocycles. The lowest BCUT2D eigenvalue weighted by Crippen LogP contribution is -2.28. The average molecular weight is 421 g/mol. The highest BCUT2D eigenvalue weighted by Gasteiger charge is 2.33. The summed E-state index contributed by atoms with van der Waals surface area (Å²) in [6.45, 7) is 0. The lowest BCUT2D eigenvalue weighted by molar-refractivity contribution is 1.05. The molecule has 0 saturated carbocycles. The van der Waals surface area contributed by atoms with Crippen molar-refractivity contribution in [3.8, 4) is 0 Å². The number of benzene rings is 4. The van der Waals surface area contributed by atoms with Gasteiger partial charge in [0, 0.05) is 5.56 Å². The molecule has 0 N–H and O–H groups in total. The Bertz CT molecular complexity index is 992. The molecular formula is C25H19Cl2P. The van der Waals surface area contributed by atoms with Gasteiger partial charge in [0.15, 0.2) is 4.33 Å². The molecule has 138 valence electrons. The molecular weight excluding hydrogens is 402 g/mol. The molecule has 4 aromatic rings. The van der Waals surface area contributed by atoms with E-state index in [-0.39, 0.29) is 0 Å². The number of rotatable bonds is 5. The van der Waals surface area contributed by atoms with Crippen molar-refractivity contribution in [2.45, 2.75) is 4.33 Å². The van der Waals surface area contributed by atoms with E-state index >= 15 is 0 Å². The lowest BCUT2D eigenvalue weighted by atomic mass is 10.0. The second kappa shape index (κ2) is 8.50. The van der Waals surface area contributed by atoms with E-state index in [9.17, 15) is 0 Å². The van der Waals surface area contributed by atoms with E-state index in [2.05, 4.69) is 60.7 Å². The Morgan fingerprint density at radius 2 is 0.929 bits per heavy atom. The first-order chi connectivity index (χ1) is 13.7. The second-order valence-corrected chi connectivity index (χ2v) is 9.98. The number of halogens is 2. The fourth-order valence-corrected chi connectivity index (χ4v) is 6.55. The second-order valence-electron chi connectivity index (χ2n) is 6.46. The third-order valence-corrected chi connectivity index (χ3v) is 7.99. The Kier molecular flexibility index (Phi) is 5.83. The van der Waals surface area contributed by atoms with Crippen molar-refractivity contribution >= 4 is 47.0 Å². The minimum absolute atomic E-state index is 0.790. The molecule has 0 bridgehead atoms. The van der Waals surface area contributed by atoms with Gasteiger partial charge in [0.25, 0.3) is 0 Å². The van der Waals surface area contributed by atoms with Crippen molar-refractivity contribution in [3.63, 3.8) is 0 Å². The quantitative estimate of drug-likeness (QED) is 0.269. The van der Waals surface area contributed by atoms with E-state index in [1.165, 1.54) is 15.9 Å². The SMILES string of the molecule is ClC(Cl)(c1ccccc1)c1ccccc1P(c1ccccc1)c1ccccc1. The van der Waals surface area contributed by atoms with E-state index in [1.807, 2.05) is 54.6 Å². The van der Waals surface area contributed by atoms with E-state index in [1.54, 1.807) is 0 Å². The molecule has 0 fully saturated rings. The van der Waals surface area contributed by atoms with Crippen LogP contribution in [0.25, 0.3) is 0 Å². The number of hydrogen-bond acceptors (Lipinski definition) is 0. The molecule has 0 amide bonds. The molecule has 3 heteroatoms. The van der Waals surface area contributed by atoms with Crippen LogP contribution in [0, 0.1) is 0 Å². The number of hydrogen-bond donors (Lipinski definition) is 0. The van der Waals surface area contributed by atoms with Crippen LogP contribution in [0.1, 0.15) is 11.1 Å². The highest BCUT2D eigenvalue weighted by molar-refractivity contribution is 7.80. The maximum absolute atomic E-state index is 6.99. The normalized spacial score (nSPS) is 11.5. The van der Waals surface area contributed by atoms with Crippen molar-refractivity contribution < 1.29 is 0 Å².